The van der Waals surface area contributed by atoms with E-state index in [1.807, 2.05) is 20.8 Å². The fourth-order valence-corrected chi connectivity index (χ4v) is 1.26. The van der Waals surface area contributed by atoms with Crippen LogP contribution >= 0.6 is 0 Å². The molecule has 5 nitrogen and oxygen atoms in total. The van der Waals surface area contributed by atoms with Crippen LogP contribution in [-0.4, -0.2) is 28.5 Å². The van der Waals surface area contributed by atoms with Crippen molar-refractivity contribution in [3.8, 4) is 0 Å². The average molecular weight is 234 g/mol. The van der Waals surface area contributed by atoms with Gasteiger partial charge in [-0.05, 0) is 26.8 Å². The van der Waals surface area contributed by atoms with Crippen LogP contribution < -0.4 is 10.6 Å². The van der Waals surface area contributed by atoms with Crippen molar-refractivity contribution >= 4 is 11.9 Å². The number of aryl methyl sites for hydroxylation is 1. The summed E-state index contributed by atoms with van der Waals surface area (Å²) < 4.78 is 0. The van der Waals surface area contributed by atoms with Gasteiger partial charge < -0.3 is 10.6 Å². The SMILES string of the molecule is C=CCNc1nc(C)cc(C(=O)NC(C)C)n1. The Labute approximate surface area is 101 Å². The molecule has 1 rings (SSSR count). The van der Waals surface area contributed by atoms with Crippen LogP contribution in [0.3, 0.4) is 0 Å². The van der Waals surface area contributed by atoms with E-state index in [1.165, 1.54) is 0 Å². The number of amides is 1. The second-order valence-corrected chi connectivity index (χ2v) is 4.02. The van der Waals surface area contributed by atoms with Crippen molar-refractivity contribution in [1.82, 2.24) is 15.3 Å². The summed E-state index contributed by atoms with van der Waals surface area (Å²) in [6, 6.07) is 1.75. The summed E-state index contributed by atoms with van der Waals surface area (Å²) in [4.78, 5) is 20.1. The van der Waals surface area contributed by atoms with E-state index in [2.05, 4.69) is 27.2 Å². The molecule has 0 saturated heterocycles. The second kappa shape index (κ2) is 5.98. The van der Waals surface area contributed by atoms with Crippen molar-refractivity contribution in [2.45, 2.75) is 26.8 Å². The molecule has 0 aliphatic rings. The quantitative estimate of drug-likeness (QED) is 0.758. The molecule has 1 heterocycles. The zero-order valence-electron chi connectivity index (χ0n) is 10.4. The second-order valence-electron chi connectivity index (χ2n) is 4.02. The number of hydrogen-bond donors (Lipinski definition) is 2. The van der Waals surface area contributed by atoms with Gasteiger partial charge in [0, 0.05) is 18.3 Å². The maximum atomic E-state index is 11.8. The van der Waals surface area contributed by atoms with Crippen LogP contribution in [0.1, 0.15) is 30.0 Å². The van der Waals surface area contributed by atoms with Crippen LogP contribution in [-0.2, 0) is 0 Å². The first-order chi connectivity index (χ1) is 8.02. The summed E-state index contributed by atoms with van der Waals surface area (Å²) in [5, 5.41) is 5.76. The van der Waals surface area contributed by atoms with Crippen LogP contribution in [0.5, 0.6) is 0 Å². The number of carbonyl (C=O) groups excluding carboxylic acids is 1. The summed E-state index contributed by atoms with van der Waals surface area (Å²) in [5.74, 6) is 0.256. The van der Waals surface area contributed by atoms with E-state index in [0.29, 0.717) is 18.2 Å². The summed E-state index contributed by atoms with van der Waals surface area (Å²) >= 11 is 0. The predicted octanol–water partition coefficient (Wildman–Crippen LogP) is 1.52. The Balaban J connectivity index is 2.88. The van der Waals surface area contributed by atoms with Crippen molar-refractivity contribution in [3.63, 3.8) is 0 Å². The highest BCUT2D eigenvalue weighted by Crippen LogP contribution is 2.05. The monoisotopic (exact) mass is 234 g/mol. The fourth-order valence-electron chi connectivity index (χ4n) is 1.26. The number of hydrogen-bond acceptors (Lipinski definition) is 4. The molecule has 0 atom stereocenters. The van der Waals surface area contributed by atoms with E-state index < -0.39 is 0 Å². The molecule has 1 aromatic rings. The van der Waals surface area contributed by atoms with Crippen LogP contribution in [0.2, 0.25) is 0 Å². The standard InChI is InChI=1S/C12H18N4O/c1-5-6-13-12-15-9(4)7-10(16-12)11(17)14-8(2)3/h5,7-8H,1,6H2,2-4H3,(H,14,17)(H,13,15,16). The van der Waals surface area contributed by atoms with Gasteiger partial charge in [0.05, 0.1) is 0 Å². The van der Waals surface area contributed by atoms with Gasteiger partial charge in [-0.3, -0.25) is 4.79 Å². The van der Waals surface area contributed by atoms with Crippen molar-refractivity contribution in [2.24, 2.45) is 0 Å². The third-order valence-corrected chi connectivity index (χ3v) is 1.91. The van der Waals surface area contributed by atoms with E-state index >= 15 is 0 Å². The van der Waals surface area contributed by atoms with Crippen LogP contribution in [0.25, 0.3) is 0 Å². The van der Waals surface area contributed by atoms with Gasteiger partial charge in [0.1, 0.15) is 5.69 Å². The Morgan fingerprint density at radius 1 is 1.53 bits per heavy atom. The third-order valence-electron chi connectivity index (χ3n) is 1.91. The molecule has 1 aromatic heterocycles. The zero-order valence-corrected chi connectivity index (χ0v) is 10.4. The van der Waals surface area contributed by atoms with E-state index in [4.69, 9.17) is 0 Å². The Morgan fingerprint density at radius 2 is 2.24 bits per heavy atom. The van der Waals surface area contributed by atoms with Gasteiger partial charge in [-0.15, -0.1) is 6.58 Å². The minimum atomic E-state index is -0.188. The lowest BCUT2D eigenvalue weighted by atomic mass is 10.3. The normalized spacial score (nSPS) is 10.1. The number of carbonyl (C=O) groups is 1. The van der Waals surface area contributed by atoms with Gasteiger partial charge in [-0.2, -0.15) is 0 Å². The lowest BCUT2D eigenvalue weighted by Gasteiger charge is -2.09. The third kappa shape index (κ3) is 4.22. The Morgan fingerprint density at radius 3 is 2.82 bits per heavy atom. The van der Waals surface area contributed by atoms with Crippen LogP contribution in [0, 0.1) is 6.92 Å². The van der Waals surface area contributed by atoms with Gasteiger partial charge >= 0.3 is 0 Å². The zero-order chi connectivity index (χ0) is 12.8. The molecule has 0 bridgehead atoms. The molecular formula is C12H18N4O. The molecule has 0 spiro atoms. The number of aromatic nitrogens is 2. The van der Waals surface area contributed by atoms with E-state index in [9.17, 15) is 4.79 Å². The Kier molecular flexibility index (Phi) is 4.63. The number of anilines is 1. The van der Waals surface area contributed by atoms with Crippen LogP contribution in [0.15, 0.2) is 18.7 Å². The lowest BCUT2D eigenvalue weighted by Crippen LogP contribution is -2.31. The molecule has 2 N–H and O–H groups in total. The Bertz CT molecular complexity index is 415. The highest BCUT2D eigenvalue weighted by molar-refractivity contribution is 5.92. The summed E-state index contributed by atoms with van der Waals surface area (Å²) in [5.41, 5.74) is 1.12. The van der Waals surface area contributed by atoms with Gasteiger partial charge in [-0.25, -0.2) is 9.97 Å². The highest BCUT2D eigenvalue weighted by Gasteiger charge is 2.10. The van der Waals surface area contributed by atoms with E-state index in [1.54, 1.807) is 12.1 Å². The molecule has 0 radical (unpaired) electrons. The number of nitrogens with one attached hydrogen (secondary N) is 2. The Hall–Kier alpha value is -1.91. The van der Waals surface area contributed by atoms with Crippen LogP contribution in [0.4, 0.5) is 5.95 Å². The van der Waals surface area contributed by atoms with E-state index in [0.717, 1.165) is 5.69 Å². The highest BCUT2D eigenvalue weighted by atomic mass is 16.1. The molecule has 0 saturated carbocycles. The summed E-state index contributed by atoms with van der Waals surface area (Å²) in [7, 11) is 0. The fraction of sp³-hybridized carbons (Fsp3) is 0.417. The molecular weight excluding hydrogens is 216 g/mol. The number of rotatable bonds is 5. The molecule has 0 aliphatic carbocycles. The van der Waals surface area contributed by atoms with Crippen molar-refractivity contribution in [1.29, 1.82) is 0 Å². The molecule has 0 aliphatic heterocycles. The van der Waals surface area contributed by atoms with Gasteiger partial charge in [-0.1, -0.05) is 6.08 Å². The van der Waals surface area contributed by atoms with Crippen molar-refractivity contribution in [3.05, 3.63) is 30.1 Å². The lowest BCUT2D eigenvalue weighted by molar-refractivity contribution is 0.0938. The topological polar surface area (TPSA) is 66.9 Å². The molecule has 0 aromatic carbocycles. The van der Waals surface area contributed by atoms with E-state index in [-0.39, 0.29) is 11.9 Å². The maximum absolute atomic E-state index is 11.8. The minimum absolute atomic E-state index is 0.0855. The first-order valence-corrected chi connectivity index (χ1v) is 5.54. The summed E-state index contributed by atoms with van der Waals surface area (Å²) in [6.45, 7) is 9.80. The molecule has 1 amide bonds. The average Bonchev–Trinajstić information content (AvgIpc) is 2.24. The largest absolute Gasteiger partial charge is 0.351 e. The first-order valence-electron chi connectivity index (χ1n) is 5.54. The molecule has 92 valence electrons. The minimum Gasteiger partial charge on any atom is -0.351 e. The smallest absolute Gasteiger partial charge is 0.270 e. The molecule has 0 fully saturated rings. The van der Waals surface area contributed by atoms with Crippen molar-refractivity contribution in [2.75, 3.05) is 11.9 Å². The molecule has 0 unspecified atom stereocenters. The van der Waals surface area contributed by atoms with Crippen molar-refractivity contribution < 1.29 is 4.79 Å². The van der Waals surface area contributed by atoms with Gasteiger partial charge in [0.25, 0.3) is 5.91 Å². The van der Waals surface area contributed by atoms with Gasteiger partial charge in [0.2, 0.25) is 5.95 Å². The first kappa shape index (κ1) is 13.2. The number of nitrogens with zero attached hydrogens (tertiary/aromatic N) is 2. The van der Waals surface area contributed by atoms with Gasteiger partial charge in [0.15, 0.2) is 0 Å². The summed E-state index contributed by atoms with van der Waals surface area (Å²) in [6.07, 6.45) is 1.71. The molecule has 5 heteroatoms. The predicted molar refractivity (Wildman–Crippen MR) is 68.1 cm³/mol. The molecule has 17 heavy (non-hydrogen) atoms. The maximum Gasteiger partial charge on any atom is 0.270 e.